The number of hydrogen-bond acceptors (Lipinski definition) is 2. The van der Waals surface area contributed by atoms with Crippen molar-refractivity contribution >= 4 is 33.5 Å². The van der Waals surface area contributed by atoms with E-state index in [4.69, 9.17) is 6.42 Å². The Labute approximate surface area is 144 Å². The molecule has 24 heavy (non-hydrogen) atoms. The second-order valence-electron chi connectivity index (χ2n) is 5.34. The number of hydrogen-bond donors (Lipinski definition) is 0. The summed E-state index contributed by atoms with van der Waals surface area (Å²) in [6.45, 7) is 2.42. The molecule has 1 amide bonds. The minimum absolute atomic E-state index is 0.298. The topological polar surface area (TPSA) is 34.4 Å². The number of carbonyl (C=O) groups excluding carboxylic acids is 1. The van der Waals surface area contributed by atoms with Crippen molar-refractivity contribution < 1.29 is 4.79 Å². The molecule has 0 N–H and O–H groups in total. The van der Waals surface area contributed by atoms with Crippen molar-refractivity contribution in [2.45, 2.75) is 13.5 Å². The van der Waals surface area contributed by atoms with E-state index in [-0.39, 0.29) is 5.91 Å². The summed E-state index contributed by atoms with van der Waals surface area (Å²) in [7, 11) is 0. The third-order valence-corrected chi connectivity index (χ3v) is 4.55. The molecular weight excluding hydrogens is 316 g/mol. The Kier molecular flexibility index (Phi) is 4.74. The molecule has 3 nitrogen and oxygen atoms in total. The quantitative estimate of drug-likeness (QED) is 0.531. The Balaban J connectivity index is 2.00. The maximum absolute atomic E-state index is 12.2. The Morgan fingerprint density at radius 1 is 1.29 bits per heavy atom. The summed E-state index contributed by atoms with van der Waals surface area (Å²) in [6, 6.07) is 15.8. The van der Waals surface area contributed by atoms with E-state index in [1.807, 2.05) is 54.0 Å². The van der Waals surface area contributed by atoms with E-state index in [0.29, 0.717) is 11.3 Å². The molecule has 0 aliphatic heterocycles. The zero-order valence-electron chi connectivity index (χ0n) is 13.3. The van der Waals surface area contributed by atoms with Gasteiger partial charge in [0.25, 0.3) is 5.91 Å². The number of thiazole rings is 1. The van der Waals surface area contributed by atoms with Gasteiger partial charge in [-0.1, -0.05) is 53.7 Å². The second kappa shape index (κ2) is 7.12. The fourth-order valence-corrected chi connectivity index (χ4v) is 3.51. The third kappa shape index (κ3) is 3.53. The molecule has 0 atom stereocenters. The summed E-state index contributed by atoms with van der Waals surface area (Å²) in [6.07, 6.45) is 8.70. The van der Waals surface area contributed by atoms with Crippen molar-refractivity contribution in [3.05, 3.63) is 70.5 Å². The summed E-state index contributed by atoms with van der Waals surface area (Å²) in [5.41, 5.74) is 3.13. The van der Waals surface area contributed by atoms with Crippen molar-refractivity contribution in [2.24, 2.45) is 4.99 Å². The van der Waals surface area contributed by atoms with Crippen molar-refractivity contribution in [3.63, 3.8) is 0 Å². The van der Waals surface area contributed by atoms with E-state index in [0.717, 1.165) is 15.8 Å². The van der Waals surface area contributed by atoms with E-state index in [2.05, 4.69) is 17.0 Å². The van der Waals surface area contributed by atoms with E-state index in [9.17, 15) is 4.79 Å². The van der Waals surface area contributed by atoms with Crippen LogP contribution in [0.5, 0.6) is 0 Å². The zero-order chi connectivity index (χ0) is 16.9. The van der Waals surface area contributed by atoms with E-state index in [1.165, 1.54) is 23.0 Å². The highest BCUT2D eigenvalue weighted by Gasteiger charge is 2.06. The first-order chi connectivity index (χ1) is 11.7. The van der Waals surface area contributed by atoms with Gasteiger partial charge in [0.1, 0.15) is 0 Å². The predicted octanol–water partition coefficient (Wildman–Crippen LogP) is 3.79. The zero-order valence-corrected chi connectivity index (χ0v) is 14.1. The molecule has 0 bridgehead atoms. The highest BCUT2D eigenvalue weighted by atomic mass is 32.1. The van der Waals surface area contributed by atoms with Gasteiger partial charge in [0.15, 0.2) is 4.80 Å². The average Bonchev–Trinajstić information content (AvgIpc) is 2.91. The van der Waals surface area contributed by atoms with Crippen LogP contribution in [0, 0.1) is 19.3 Å². The van der Waals surface area contributed by atoms with Gasteiger partial charge in [-0.15, -0.1) is 6.42 Å². The van der Waals surface area contributed by atoms with Crippen LogP contribution in [0.25, 0.3) is 16.3 Å². The minimum atomic E-state index is -0.298. The van der Waals surface area contributed by atoms with Gasteiger partial charge in [0.05, 0.1) is 16.8 Å². The fourth-order valence-electron chi connectivity index (χ4n) is 2.37. The van der Waals surface area contributed by atoms with Gasteiger partial charge < -0.3 is 4.57 Å². The molecular formula is C20H16N2OS. The number of rotatable bonds is 3. The predicted molar refractivity (Wildman–Crippen MR) is 99.4 cm³/mol. The summed E-state index contributed by atoms with van der Waals surface area (Å²) in [5.74, 6) is 2.33. The highest BCUT2D eigenvalue weighted by Crippen LogP contribution is 2.18. The number of terminal acetylenes is 1. The number of fused-ring (bicyclic) bond motifs is 1. The van der Waals surface area contributed by atoms with Crippen LogP contribution < -0.4 is 4.80 Å². The molecule has 118 valence electrons. The van der Waals surface area contributed by atoms with E-state index in [1.54, 1.807) is 6.08 Å². The monoisotopic (exact) mass is 332 g/mol. The van der Waals surface area contributed by atoms with Gasteiger partial charge in [0, 0.05) is 6.08 Å². The Morgan fingerprint density at radius 3 is 2.83 bits per heavy atom. The number of aromatic nitrogens is 1. The maximum atomic E-state index is 12.2. The lowest BCUT2D eigenvalue weighted by Gasteiger charge is -1.99. The van der Waals surface area contributed by atoms with Crippen molar-refractivity contribution in [1.29, 1.82) is 0 Å². The fraction of sp³-hybridized carbons (Fsp3) is 0.100. The van der Waals surface area contributed by atoms with Gasteiger partial charge in [-0.05, 0) is 36.3 Å². The van der Waals surface area contributed by atoms with Gasteiger partial charge in [-0.25, -0.2) is 0 Å². The van der Waals surface area contributed by atoms with Crippen molar-refractivity contribution in [1.82, 2.24) is 4.57 Å². The number of nitrogens with zero attached hydrogens (tertiary/aromatic N) is 2. The molecule has 3 rings (SSSR count). The molecule has 0 unspecified atom stereocenters. The Morgan fingerprint density at radius 2 is 2.08 bits per heavy atom. The summed E-state index contributed by atoms with van der Waals surface area (Å²) in [4.78, 5) is 17.0. The standard InChI is InChI=1S/C20H16N2OS/c1-3-13-22-17-11-9-15(2)14-18(17)24-20(22)21-19(23)12-10-16-7-5-4-6-8-16/h1,4-12,14H,13H2,2H3/b12-10+,21-20?. The average molecular weight is 332 g/mol. The maximum Gasteiger partial charge on any atom is 0.272 e. The van der Waals surface area contributed by atoms with Gasteiger partial charge in [-0.2, -0.15) is 4.99 Å². The van der Waals surface area contributed by atoms with E-state index < -0.39 is 0 Å². The molecule has 0 radical (unpaired) electrons. The van der Waals surface area contributed by atoms with Gasteiger partial charge in [0.2, 0.25) is 0 Å². The molecule has 1 aromatic heterocycles. The summed E-state index contributed by atoms with van der Waals surface area (Å²) < 4.78 is 2.97. The molecule has 0 aliphatic rings. The number of amides is 1. The normalized spacial score (nSPS) is 11.9. The molecule has 0 fully saturated rings. The molecule has 3 aromatic rings. The Hall–Kier alpha value is -2.90. The molecule has 0 saturated carbocycles. The van der Waals surface area contributed by atoms with Crippen LogP contribution in [0.3, 0.4) is 0 Å². The SMILES string of the molecule is C#CCn1c(=NC(=O)/C=C/c2ccccc2)sc2cc(C)ccc21. The van der Waals surface area contributed by atoms with Crippen LogP contribution in [0.4, 0.5) is 0 Å². The first-order valence-corrected chi connectivity index (χ1v) is 8.34. The molecule has 1 heterocycles. The minimum Gasteiger partial charge on any atom is -0.305 e. The molecule has 0 spiro atoms. The number of aryl methyl sites for hydroxylation is 1. The first-order valence-electron chi connectivity index (χ1n) is 7.52. The largest absolute Gasteiger partial charge is 0.305 e. The summed E-state index contributed by atoms with van der Waals surface area (Å²) >= 11 is 1.47. The first kappa shape index (κ1) is 16.0. The van der Waals surface area contributed by atoms with Crippen LogP contribution in [0.15, 0.2) is 59.6 Å². The lowest BCUT2D eigenvalue weighted by Crippen LogP contribution is -2.15. The van der Waals surface area contributed by atoms with Crippen LogP contribution in [0.1, 0.15) is 11.1 Å². The molecule has 2 aromatic carbocycles. The highest BCUT2D eigenvalue weighted by molar-refractivity contribution is 7.16. The summed E-state index contributed by atoms with van der Waals surface area (Å²) in [5, 5.41) is 0. The van der Waals surface area contributed by atoms with Gasteiger partial charge >= 0.3 is 0 Å². The van der Waals surface area contributed by atoms with Crippen LogP contribution >= 0.6 is 11.3 Å². The van der Waals surface area contributed by atoms with Crippen molar-refractivity contribution in [2.75, 3.05) is 0 Å². The number of benzene rings is 2. The van der Waals surface area contributed by atoms with Crippen LogP contribution in [0.2, 0.25) is 0 Å². The van der Waals surface area contributed by atoms with Gasteiger partial charge in [-0.3, -0.25) is 4.79 Å². The van der Waals surface area contributed by atoms with E-state index >= 15 is 0 Å². The van der Waals surface area contributed by atoms with Crippen molar-refractivity contribution in [3.8, 4) is 12.3 Å². The Bertz CT molecular complexity index is 1020. The number of carbonyl (C=O) groups is 1. The third-order valence-electron chi connectivity index (χ3n) is 3.51. The molecule has 0 aliphatic carbocycles. The lowest BCUT2D eigenvalue weighted by molar-refractivity contribution is -0.113. The molecule has 0 saturated heterocycles. The van der Waals surface area contributed by atoms with Crippen LogP contribution in [-0.4, -0.2) is 10.5 Å². The van der Waals surface area contributed by atoms with Crippen LogP contribution in [-0.2, 0) is 11.3 Å². The lowest BCUT2D eigenvalue weighted by atomic mass is 10.2. The smallest absolute Gasteiger partial charge is 0.272 e. The molecule has 4 heteroatoms. The second-order valence-corrected chi connectivity index (χ2v) is 6.35.